The van der Waals surface area contributed by atoms with Gasteiger partial charge in [-0.2, -0.15) is 0 Å². The molecule has 74 heavy (non-hydrogen) atoms. The lowest BCUT2D eigenvalue weighted by molar-refractivity contribution is -0.305. The molecule has 1 heterocycles. The van der Waals surface area contributed by atoms with E-state index >= 15 is 0 Å². The Morgan fingerprint density at radius 3 is 1.61 bits per heavy atom. The minimum Gasteiger partial charge on any atom is -0.454 e. The van der Waals surface area contributed by atoms with Crippen LogP contribution in [0.25, 0.3) is 0 Å². The predicted octanol–water partition coefficient (Wildman–Crippen LogP) is 12.9. The molecule has 0 saturated carbocycles. The monoisotopic (exact) mass is 1030 g/mol. The number of hydrogen-bond acceptors (Lipinski definition) is 10. The van der Waals surface area contributed by atoms with E-state index in [4.69, 9.17) is 14.2 Å². The molecule has 0 spiro atoms. The molecule has 0 aromatic heterocycles. The summed E-state index contributed by atoms with van der Waals surface area (Å²) >= 11 is 0. The molecule has 0 bridgehead atoms. The molecule has 1 rings (SSSR count). The van der Waals surface area contributed by atoms with Gasteiger partial charge in [-0.05, 0) is 96.3 Å². The number of nitrogens with one attached hydrogen (secondary N) is 1. The van der Waals surface area contributed by atoms with Gasteiger partial charge in [0, 0.05) is 6.42 Å². The van der Waals surface area contributed by atoms with Crippen molar-refractivity contribution in [2.45, 2.75) is 237 Å². The molecule has 1 amide bonds. The summed E-state index contributed by atoms with van der Waals surface area (Å²) in [5.41, 5.74) is 0. The first-order chi connectivity index (χ1) is 36.2. The fraction of sp³-hybridized carbons (Fsp3) is 0.619. The smallest absolute Gasteiger partial charge is 0.306 e. The largest absolute Gasteiger partial charge is 0.454 e. The number of rotatable bonds is 45. The minimum atomic E-state index is -1.65. The Balaban J connectivity index is 2.80. The van der Waals surface area contributed by atoms with E-state index in [0.29, 0.717) is 19.3 Å². The maximum atomic E-state index is 13.4. The van der Waals surface area contributed by atoms with Gasteiger partial charge in [-0.1, -0.05) is 219 Å². The molecule has 1 aliphatic heterocycles. The van der Waals surface area contributed by atoms with Gasteiger partial charge in [0.25, 0.3) is 0 Å². The van der Waals surface area contributed by atoms with Crippen molar-refractivity contribution in [3.05, 3.63) is 134 Å². The van der Waals surface area contributed by atoms with Crippen molar-refractivity contribution in [2.75, 3.05) is 13.2 Å². The molecule has 418 valence electrons. The molecule has 0 aliphatic carbocycles. The highest BCUT2D eigenvalue weighted by Crippen LogP contribution is 2.26. The number of carbonyl (C=O) groups excluding carboxylic acids is 2. The zero-order valence-electron chi connectivity index (χ0n) is 45.9. The summed E-state index contributed by atoms with van der Waals surface area (Å²) in [5, 5.41) is 56.7. The molecule has 1 saturated heterocycles. The second kappa shape index (κ2) is 49.7. The first-order valence-electron chi connectivity index (χ1n) is 28.5. The third-order valence-electron chi connectivity index (χ3n) is 12.4. The third-order valence-corrected chi connectivity index (χ3v) is 12.4. The van der Waals surface area contributed by atoms with Gasteiger partial charge >= 0.3 is 5.97 Å². The van der Waals surface area contributed by atoms with Crippen LogP contribution in [0.1, 0.15) is 188 Å². The number of esters is 1. The summed E-state index contributed by atoms with van der Waals surface area (Å²) in [6.07, 6.45) is 59.3. The Hall–Kier alpha value is -4.20. The lowest BCUT2D eigenvalue weighted by atomic mass is 9.99. The van der Waals surface area contributed by atoms with Crippen molar-refractivity contribution < 1.29 is 49.3 Å². The third kappa shape index (κ3) is 37.5. The van der Waals surface area contributed by atoms with E-state index in [0.717, 1.165) is 89.9 Å². The second-order valence-corrected chi connectivity index (χ2v) is 19.0. The van der Waals surface area contributed by atoms with Crippen LogP contribution in [0.5, 0.6) is 0 Å². The van der Waals surface area contributed by atoms with E-state index in [2.05, 4.69) is 105 Å². The van der Waals surface area contributed by atoms with Gasteiger partial charge in [-0.15, -0.1) is 0 Å². The molecule has 8 atom stereocenters. The highest BCUT2D eigenvalue weighted by Gasteiger charge is 2.47. The zero-order valence-corrected chi connectivity index (χ0v) is 45.9. The molecule has 1 aliphatic rings. The van der Waals surface area contributed by atoms with E-state index in [1.807, 2.05) is 48.6 Å². The fourth-order valence-electron chi connectivity index (χ4n) is 7.90. The van der Waals surface area contributed by atoms with Crippen LogP contribution >= 0.6 is 0 Å². The Morgan fingerprint density at radius 1 is 0.554 bits per heavy atom. The summed E-state index contributed by atoms with van der Waals surface area (Å²) in [7, 11) is 0. The molecule has 0 radical (unpaired) electrons. The van der Waals surface area contributed by atoms with Gasteiger partial charge < -0.3 is 45.1 Å². The Morgan fingerprint density at radius 2 is 1.04 bits per heavy atom. The van der Waals surface area contributed by atoms with Crippen molar-refractivity contribution in [1.29, 1.82) is 0 Å². The van der Waals surface area contributed by atoms with E-state index < -0.39 is 67.4 Å². The SMILES string of the molecule is CC/C=C\C/C=C\C/C=C\C/C=C\C/C=C\C/C=C\CCCC(O)C(=O)NC(COC1OC(CO)C(O)C(O)C1OC(=O)CCCCC\C=C/C=C\C=C\C=C\CC)C(O)/C=C/CCCCCCCCCCCC. The van der Waals surface area contributed by atoms with Crippen molar-refractivity contribution >= 4 is 11.9 Å². The number of allylic oxidation sites excluding steroid dienone is 21. The molecule has 8 unspecified atom stereocenters. The number of carbonyl (C=O) groups is 2. The van der Waals surface area contributed by atoms with Crippen molar-refractivity contribution in [3.8, 4) is 0 Å². The van der Waals surface area contributed by atoms with Crippen molar-refractivity contribution in [3.63, 3.8) is 0 Å². The quantitative estimate of drug-likeness (QED) is 0.0149. The van der Waals surface area contributed by atoms with Crippen LogP contribution in [0.15, 0.2) is 134 Å². The zero-order chi connectivity index (χ0) is 54.0. The van der Waals surface area contributed by atoms with E-state index in [9.17, 15) is 35.1 Å². The van der Waals surface area contributed by atoms with Crippen molar-refractivity contribution in [1.82, 2.24) is 5.32 Å². The number of aliphatic hydroxyl groups is 5. The number of hydrogen-bond donors (Lipinski definition) is 6. The van der Waals surface area contributed by atoms with Crippen LogP contribution in [0, 0.1) is 0 Å². The molecule has 11 nitrogen and oxygen atoms in total. The van der Waals surface area contributed by atoms with Crippen LogP contribution in [0.4, 0.5) is 0 Å². The molecule has 6 N–H and O–H groups in total. The molecule has 0 aromatic rings. The highest BCUT2D eigenvalue weighted by molar-refractivity contribution is 5.80. The lowest BCUT2D eigenvalue weighted by Gasteiger charge is -2.41. The Kier molecular flexibility index (Phi) is 45.5. The summed E-state index contributed by atoms with van der Waals surface area (Å²) in [6.45, 7) is 5.44. The normalized spacial score (nSPS) is 20.4. The van der Waals surface area contributed by atoms with Crippen LogP contribution < -0.4 is 5.32 Å². The number of aliphatic hydroxyl groups excluding tert-OH is 5. The van der Waals surface area contributed by atoms with Crippen LogP contribution in [0.2, 0.25) is 0 Å². The molecular weight excluding hydrogens is 931 g/mol. The maximum Gasteiger partial charge on any atom is 0.306 e. The van der Waals surface area contributed by atoms with E-state index in [-0.39, 0.29) is 19.4 Å². The second-order valence-electron chi connectivity index (χ2n) is 19.0. The maximum absolute atomic E-state index is 13.4. The topological polar surface area (TPSA) is 175 Å². The summed E-state index contributed by atoms with van der Waals surface area (Å²) in [6, 6.07) is -1.06. The first-order valence-corrected chi connectivity index (χ1v) is 28.5. The van der Waals surface area contributed by atoms with Crippen molar-refractivity contribution in [2.24, 2.45) is 0 Å². The number of unbranched alkanes of at least 4 members (excludes halogenated alkanes) is 14. The average Bonchev–Trinajstić information content (AvgIpc) is 3.40. The van der Waals surface area contributed by atoms with Crippen LogP contribution in [-0.2, 0) is 23.8 Å². The highest BCUT2D eigenvalue weighted by atomic mass is 16.7. The average molecular weight is 1030 g/mol. The molecular formula is C63H101NO10. The predicted molar refractivity (Wildman–Crippen MR) is 305 cm³/mol. The van der Waals surface area contributed by atoms with Gasteiger partial charge in [0.15, 0.2) is 12.4 Å². The molecule has 1 fully saturated rings. The lowest BCUT2D eigenvalue weighted by Crippen LogP contribution is -2.61. The molecule has 0 aromatic carbocycles. The van der Waals surface area contributed by atoms with E-state index in [1.54, 1.807) is 6.08 Å². The number of ether oxygens (including phenoxy) is 3. The molecule has 11 heteroatoms. The van der Waals surface area contributed by atoms with Gasteiger partial charge in [0.1, 0.15) is 24.4 Å². The van der Waals surface area contributed by atoms with Gasteiger partial charge in [-0.25, -0.2) is 0 Å². The summed E-state index contributed by atoms with van der Waals surface area (Å²) in [5.74, 6) is -1.30. The fourth-order valence-corrected chi connectivity index (χ4v) is 7.90. The van der Waals surface area contributed by atoms with Gasteiger partial charge in [0.2, 0.25) is 5.91 Å². The summed E-state index contributed by atoms with van der Waals surface area (Å²) < 4.78 is 17.5. The van der Waals surface area contributed by atoms with Crippen LogP contribution in [0.3, 0.4) is 0 Å². The Bertz CT molecular complexity index is 1710. The van der Waals surface area contributed by atoms with Gasteiger partial charge in [-0.3, -0.25) is 9.59 Å². The number of amides is 1. The Labute approximate surface area is 448 Å². The van der Waals surface area contributed by atoms with Gasteiger partial charge in [0.05, 0.1) is 25.4 Å². The minimum absolute atomic E-state index is 0.0639. The van der Waals surface area contributed by atoms with Crippen LogP contribution in [-0.4, -0.2) is 99.6 Å². The first kappa shape index (κ1) is 67.8. The standard InChI is InChI=1S/C63H101NO10/c1-4-7-10-13-16-19-22-25-26-27-28-29-30-31-33-35-38-41-44-47-50-56(67)62(71)64-54(55(66)49-46-43-40-37-34-24-21-18-15-12-9-6-3)53-72-63-61(60(70)59(69)57(52-65)73-63)74-58(68)51-48-45-42-39-36-32-23-20-17-14-11-8-5-2/h7-8,10-11,14,16-17,19-20,23,25-26,28-29,31-33,36,38,41,46,49,54-57,59-61,63,65-67,69-70H,4-6,9,12-13,15,18,21-22,24,27,30,34-35,37,39-40,42-45,47-48,50-53H2,1-3H3,(H,64,71)/b10-7-,11-8+,17-14+,19-16-,23-20-,26-25-,29-28-,33-31-,36-32-,41-38-,49-46+. The van der Waals surface area contributed by atoms with E-state index in [1.165, 1.54) is 44.9 Å². The summed E-state index contributed by atoms with van der Waals surface area (Å²) in [4.78, 5) is 26.4.